The highest BCUT2D eigenvalue weighted by Gasteiger charge is 2.10. The number of imidazole rings is 1. The maximum Gasteiger partial charge on any atom is 0.207 e. The number of hydrogen-bond acceptors (Lipinski definition) is 3. The van der Waals surface area contributed by atoms with E-state index >= 15 is 0 Å². The van der Waals surface area contributed by atoms with Gasteiger partial charge in [-0.05, 0) is 64.3 Å². The van der Waals surface area contributed by atoms with Crippen molar-refractivity contribution in [3.8, 4) is 0 Å². The van der Waals surface area contributed by atoms with Gasteiger partial charge in [0.1, 0.15) is 0 Å². The number of benzene rings is 1. The lowest BCUT2D eigenvalue weighted by Crippen LogP contribution is -2.06. The smallest absolute Gasteiger partial charge is 0.207 e. The molecule has 0 radical (unpaired) electrons. The van der Waals surface area contributed by atoms with E-state index in [2.05, 4.69) is 52.9 Å². The monoisotopic (exact) mass is 415 g/mol. The van der Waals surface area contributed by atoms with Crippen molar-refractivity contribution in [1.29, 1.82) is 0 Å². The lowest BCUT2D eigenvalue weighted by Gasteiger charge is -2.12. The zero-order chi connectivity index (χ0) is 15.2. The third kappa shape index (κ3) is 4.56. The van der Waals surface area contributed by atoms with Gasteiger partial charge in [-0.15, -0.1) is 0 Å². The van der Waals surface area contributed by atoms with Crippen molar-refractivity contribution >= 4 is 43.5 Å². The number of hydrogen-bond donors (Lipinski definition) is 1. The molecule has 0 aliphatic heterocycles. The van der Waals surface area contributed by atoms with Gasteiger partial charge in [-0.3, -0.25) is 0 Å². The molecule has 2 aromatic rings. The second-order valence-electron chi connectivity index (χ2n) is 4.67. The molecule has 1 N–H and O–H groups in total. The Morgan fingerprint density at radius 2 is 2.00 bits per heavy atom. The molecular formula is C15H19Br2N3O. The zero-order valence-corrected chi connectivity index (χ0v) is 15.4. The molecule has 0 aliphatic carbocycles. The minimum atomic E-state index is 0.762. The van der Waals surface area contributed by atoms with Crippen LogP contribution in [0.1, 0.15) is 19.0 Å². The topological polar surface area (TPSA) is 39.1 Å². The van der Waals surface area contributed by atoms with Gasteiger partial charge < -0.3 is 14.6 Å². The molecule has 0 saturated heterocycles. The summed E-state index contributed by atoms with van der Waals surface area (Å²) in [5, 5.41) is 3.39. The molecule has 21 heavy (non-hydrogen) atoms. The number of aromatic nitrogens is 2. The summed E-state index contributed by atoms with van der Waals surface area (Å²) in [5.41, 5.74) is 1.98. The molecule has 0 amide bonds. The second kappa shape index (κ2) is 7.96. The first-order valence-electron chi connectivity index (χ1n) is 6.94. The Balaban J connectivity index is 2.12. The van der Waals surface area contributed by atoms with Crippen LogP contribution in [0.5, 0.6) is 0 Å². The van der Waals surface area contributed by atoms with E-state index in [0.29, 0.717) is 0 Å². The number of aryl methyl sites for hydroxylation is 2. The summed E-state index contributed by atoms with van der Waals surface area (Å²) < 4.78 is 9.51. The first-order chi connectivity index (χ1) is 10.1. The number of rotatable bonds is 7. The molecule has 1 aromatic carbocycles. The van der Waals surface area contributed by atoms with E-state index in [4.69, 9.17) is 4.74 Å². The average Bonchev–Trinajstić information content (AvgIpc) is 2.79. The van der Waals surface area contributed by atoms with Gasteiger partial charge in [-0.25, -0.2) is 4.98 Å². The highest BCUT2D eigenvalue weighted by Crippen LogP contribution is 2.32. The lowest BCUT2D eigenvalue weighted by atomic mass is 10.3. The zero-order valence-electron chi connectivity index (χ0n) is 12.2. The van der Waals surface area contributed by atoms with E-state index in [9.17, 15) is 0 Å². The summed E-state index contributed by atoms with van der Waals surface area (Å²) in [5.74, 6) is 0.844. The van der Waals surface area contributed by atoms with Gasteiger partial charge in [0.15, 0.2) is 0 Å². The maximum atomic E-state index is 5.39. The van der Waals surface area contributed by atoms with E-state index < -0.39 is 0 Å². The van der Waals surface area contributed by atoms with Gasteiger partial charge in [0.25, 0.3) is 0 Å². The summed E-state index contributed by atoms with van der Waals surface area (Å²) in [7, 11) is 0. The normalized spacial score (nSPS) is 10.9. The molecule has 0 bridgehead atoms. The van der Waals surface area contributed by atoms with E-state index in [1.807, 2.05) is 32.0 Å². The maximum absolute atomic E-state index is 5.39. The van der Waals surface area contributed by atoms with Crippen molar-refractivity contribution < 1.29 is 4.74 Å². The van der Waals surface area contributed by atoms with Crippen LogP contribution >= 0.6 is 31.9 Å². The molecule has 2 rings (SSSR count). The van der Waals surface area contributed by atoms with Crippen LogP contribution in [-0.2, 0) is 11.3 Å². The number of halogens is 2. The van der Waals surface area contributed by atoms with Gasteiger partial charge in [0.05, 0.1) is 11.4 Å². The fourth-order valence-electron chi connectivity index (χ4n) is 2.03. The highest BCUT2D eigenvalue weighted by atomic mass is 79.9. The Labute approximate surface area is 142 Å². The van der Waals surface area contributed by atoms with Crippen LogP contribution in [0.25, 0.3) is 0 Å². The van der Waals surface area contributed by atoms with Crippen molar-refractivity contribution in [2.45, 2.75) is 26.8 Å². The number of para-hydroxylation sites is 1. The Kier molecular flexibility index (Phi) is 6.26. The third-order valence-electron chi connectivity index (χ3n) is 2.99. The van der Waals surface area contributed by atoms with Gasteiger partial charge >= 0.3 is 0 Å². The Morgan fingerprint density at radius 3 is 2.67 bits per heavy atom. The molecule has 6 heteroatoms. The minimum Gasteiger partial charge on any atom is -0.382 e. The van der Waals surface area contributed by atoms with Gasteiger partial charge in [0.2, 0.25) is 5.95 Å². The van der Waals surface area contributed by atoms with Gasteiger partial charge in [-0.1, -0.05) is 6.07 Å². The Bertz CT molecular complexity index is 578. The van der Waals surface area contributed by atoms with Gasteiger partial charge in [0, 0.05) is 34.9 Å². The third-order valence-corrected chi connectivity index (χ3v) is 4.31. The molecule has 0 unspecified atom stereocenters. The minimum absolute atomic E-state index is 0.762. The molecular weight excluding hydrogens is 398 g/mol. The summed E-state index contributed by atoms with van der Waals surface area (Å²) in [4.78, 5) is 4.56. The molecule has 0 atom stereocenters. The predicted molar refractivity (Wildman–Crippen MR) is 93.2 cm³/mol. The summed E-state index contributed by atoms with van der Waals surface area (Å²) in [6.07, 6.45) is 3.02. The van der Waals surface area contributed by atoms with Crippen molar-refractivity contribution in [2.24, 2.45) is 0 Å². The van der Waals surface area contributed by atoms with Crippen molar-refractivity contribution in [2.75, 3.05) is 18.5 Å². The SMILES string of the molecule is CCOCCCn1cc(C)nc1Nc1c(Br)cccc1Br. The number of nitrogens with zero attached hydrogens (tertiary/aromatic N) is 2. The van der Waals surface area contributed by atoms with Crippen LogP contribution in [-0.4, -0.2) is 22.8 Å². The molecule has 1 aromatic heterocycles. The molecule has 114 valence electrons. The molecule has 1 heterocycles. The summed E-state index contributed by atoms with van der Waals surface area (Å²) in [6.45, 7) is 6.42. The van der Waals surface area contributed by atoms with Gasteiger partial charge in [-0.2, -0.15) is 0 Å². The van der Waals surface area contributed by atoms with Crippen molar-refractivity contribution in [3.05, 3.63) is 39.0 Å². The fourth-order valence-corrected chi connectivity index (χ4v) is 3.22. The summed E-state index contributed by atoms with van der Waals surface area (Å²) >= 11 is 7.12. The predicted octanol–water partition coefficient (Wildman–Crippen LogP) is 4.89. The number of ether oxygens (including phenoxy) is 1. The number of nitrogens with one attached hydrogen (secondary N) is 1. The Morgan fingerprint density at radius 1 is 1.29 bits per heavy atom. The first kappa shape index (κ1) is 16.5. The van der Waals surface area contributed by atoms with Crippen LogP contribution in [0.4, 0.5) is 11.6 Å². The van der Waals surface area contributed by atoms with Crippen LogP contribution in [0.15, 0.2) is 33.3 Å². The van der Waals surface area contributed by atoms with Crippen molar-refractivity contribution in [3.63, 3.8) is 0 Å². The molecule has 0 saturated carbocycles. The number of anilines is 2. The largest absolute Gasteiger partial charge is 0.382 e. The first-order valence-corrected chi connectivity index (χ1v) is 8.53. The van der Waals surface area contributed by atoms with E-state index in [0.717, 1.165) is 52.5 Å². The highest BCUT2D eigenvalue weighted by molar-refractivity contribution is 9.11. The molecule has 0 aliphatic rings. The van der Waals surface area contributed by atoms with Crippen molar-refractivity contribution in [1.82, 2.24) is 9.55 Å². The lowest BCUT2D eigenvalue weighted by molar-refractivity contribution is 0.142. The van der Waals surface area contributed by atoms with E-state index in [1.54, 1.807) is 0 Å². The van der Waals surface area contributed by atoms with Crippen LogP contribution < -0.4 is 5.32 Å². The second-order valence-corrected chi connectivity index (χ2v) is 6.38. The fraction of sp³-hybridized carbons (Fsp3) is 0.400. The van der Waals surface area contributed by atoms with Crippen LogP contribution in [0.3, 0.4) is 0 Å². The average molecular weight is 417 g/mol. The molecule has 0 fully saturated rings. The van der Waals surface area contributed by atoms with Crippen LogP contribution in [0, 0.1) is 6.92 Å². The summed E-state index contributed by atoms with van der Waals surface area (Å²) in [6, 6.07) is 5.99. The standard InChI is InChI=1S/C15H19Br2N3O/c1-3-21-9-5-8-20-10-11(2)18-15(20)19-14-12(16)6-4-7-13(14)17/h4,6-7,10H,3,5,8-9H2,1-2H3,(H,18,19). The van der Waals surface area contributed by atoms with E-state index in [1.165, 1.54) is 0 Å². The Hall–Kier alpha value is -0.850. The quantitative estimate of drug-likeness (QED) is 0.653. The van der Waals surface area contributed by atoms with E-state index in [-0.39, 0.29) is 0 Å². The molecule has 4 nitrogen and oxygen atoms in total. The van der Waals surface area contributed by atoms with Crippen LogP contribution in [0.2, 0.25) is 0 Å². The molecule has 0 spiro atoms.